The molecule has 106 valence electrons. The molecule has 0 fully saturated rings. The molecule has 0 aliphatic carbocycles. The highest BCUT2D eigenvalue weighted by atomic mass is 16.1. The summed E-state index contributed by atoms with van der Waals surface area (Å²) in [5, 5.41) is 6.33. The van der Waals surface area contributed by atoms with Crippen molar-refractivity contribution in [3.05, 3.63) is 0 Å². The Bertz CT molecular complexity index is 204. The molecule has 0 aliphatic rings. The minimum Gasteiger partial charge on any atom is -0.355 e. The minimum absolute atomic E-state index is 0. The normalized spacial score (nSPS) is 11.2. The lowest BCUT2D eigenvalue weighted by Gasteiger charge is -2.13. The summed E-state index contributed by atoms with van der Waals surface area (Å²) in [7, 11) is 1.96. The Hall–Kier alpha value is -0.610. The molecule has 0 heterocycles. The molecule has 0 aliphatic heterocycles. The zero-order chi connectivity index (χ0) is 13.1. The maximum atomic E-state index is 11.4. The predicted octanol–water partition coefficient (Wildman–Crippen LogP) is 1.71. The van der Waals surface area contributed by atoms with Crippen molar-refractivity contribution < 1.29 is 7.65 Å². The number of nitrogens with zero attached hydrogens (tertiary/aromatic N) is 1. The third-order valence-corrected chi connectivity index (χ3v) is 2.68. The van der Waals surface area contributed by atoms with Gasteiger partial charge >= 0.3 is 0 Å². The van der Waals surface area contributed by atoms with Crippen LogP contribution in [0.5, 0.6) is 0 Å². The van der Waals surface area contributed by atoms with E-state index >= 15 is 0 Å². The molecule has 0 spiro atoms. The molecule has 4 nitrogen and oxygen atoms in total. The van der Waals surface area contributed by atoms with E-state index < -0.39 is 0 Å². The Labute approximate surface area is 109 Å². The first-order valence-electron chi connectivity index (χ1n) is 6.74. The van der Waals surface area contributed by atoms with E-state index in [9.17, 15) is 4.79 Å². The van der Waals surface area contributed by atoms with Crippen molar-refractivity contribution in [3.8, 4) is 0 Å². The van der Waals surface area contributed by atoms with Gasteiger partial charge in [0.15, 0.2) is 0 Å². The number of unbranched alkanes of at least 4 members (excludes halogenated alkanes) is 2. The van der Waals surface area contributed by atoms with Crippen LogP contribution >= 0.6 is 0 Å². The summed E-state index contributed by atoms with van der Waals surface area (Å²) in [6, 6.07) is 0.569. The third-order valence-electron chi connectivity index (χ3n) is 2.68. The zero-order valence-corrected chi connectivity index (χ0v) is 11.9. The van der Waals surface area contributed by atoms with Crippen molar-refractivity contribution >= 4 is 5.91 Å². The first kappa shape index (κ1) is 16.4. The van der Waals surface area contributed by atoms with Gasteiger partial charge in [-0.3, -0.25) is 9.69 Å². The summed E-state index contributed by atoms with van der Waals surface area (Å²) >= 11 is 0. The van der Waals surface area contributed by atoms with Crippen LogP contribution in [0.4, 0.5) is 0 Å². The number of carbonyl (C=O) groups is 1. The lowest BCUT2D eigenvalue weighted by Crippen LogP contribution is -2.35. The molecule has 0 saturated carbocycles. The highest BCUT2D eigenvalue weighted by Gasteiger charge is 2.03. The van der Waals surface area contributed by atoms with Gasteiger partial charge in [0.05, 0.1) is 6.54 Å². The second-order valence-electron chi connectivity index (χ2n) is 4.85. The second kappa shape index (κ2) is 10.5. The topological polar surface area (TPSA) is 44.4 Å². The van der Waals surface area contributed by atoms with Gasteiger partial charge in [-0.25, -0.2) is 0 Å². The van der Waals surface area contributed by atoms with Crippen LogP contribution in [0.25, 0.3) is 0 Å². The van der Waals surface area contributed by atoms with E-state index in [-0.39, 0.29) is 8.76 Å². The predicted molar refractivity (Wildman–Crippen MR) is 77.4 cm³/mol. The fourth-order valence-corrected chi connectivity index (χ4v) is 1.46. The van der Waals surface area contributed by atoms with Gasteiger partial charge in [-0.2, -0.15) is 0 Å². The standard InChI is InChI=1S/C13H29N3O.2H2/c1-5-16(4)11-13(17)15-10-8-6-7-9-14-12(2)3;;/h12,14H,5-11H2,1-4H3,(H,15,17);2*1H. The highest BCUT2D eigenvalue weighted by molar-refractivity contribution is 5.77. The zero-order valence-electron chi connectivity index (χ0n) is 11.9. The van der Waals surface area contributed by atoms with Gasteiger partial charge in [-0.15, -0.1) is 0 Å². The molecule has 0 atom stereocenters. The first-order valence-corrected chi connectivity index (χ1v) is 6.74. The van der Waals surface area contributed by atoms with Crippen LogP contribution in [0.2, 0.25) is 0 Å². The van der Waals surface area contributed by atoms with Crippen LogP contribution in [0, 0.1) is 0 Å². The minimum atomic E-state index is 0. The van der Waals surface area contributed by atoms with Crippen molar-refractivity contribution in [1.29, 1.82) is 0 Å². The first-order chi connectivity index (χ1) is 8.06. The summed E-state index contributed by atoms with van der Waals surface area (Å²) in [5.74, 6) is 0.134. The SMILES string of the molecule is CCN(C)CC(=O)NCCCCCNC(C)C.[HH].[HH]. The van der Waals surface area contributed by atoms with Gasteiger partial charge in [0.25, 0.3) is 0 Å². The molecule has 0 unspecified atom stereocenters. The van der Waals surface area contributed by atoms with E-state index in [0.29, 0.717) is 12.6 Å². The smallest absolute Gasteiger partial charge is 0.234 e. The Kier molecular flexibility index (Phi) is 10.2. The maximum Gasteiger partial charge on any atom is 0.234 e. The van der Waals surface area contributed by atoms with Crippen molar-refractivity contribution in [1.82, 2.24) is 15.5 Å². The molecular weight excluding hydrogens is 214 g/mol. The summed E-state index contributed by atoms with van der Waals surface area (Å²) in [6.07, 6.45) is 3.42. The van der Waals surface area contributed by atoms with Gasteiger partial charge in [0.2, 0.25) is 5.91 Å². The van der Waals surface area contributed by atoms with Crippen LogP contribution in [0.15, 0.2) is 0 Å². The maximum absolute atomic E-state index is 11.4. The summed E-state index contributed by atoms with van der Waals surface area (Å²) < 4.78 is 0. The fraction of sp³-hybridized carbons (Fsp3) is 0.923. The van der Waals surface area contributed by atoms with Crippen molar-refractivity contribution in [3.63, 3.8) is 0 Å². The van der Waals surface area contributed by atoms with Gasteiger partial charge in [-0.1, -0.05) is 27.2 Å². The lowest BCUT2D eigenvalue weighted by molar-refractivity contribution is -0.121. The van der Waals surface area contributed by atoms with Gasteiger partial charge in [0, 0.05) is 15.4 Å². The number of rotatable bonds is 10. The van der Waals surface area contributed by atoms with Crippen LogP contribution in [-0.2, 0) is 4.79 Å². The van der Waals surface area contributed by atoms with E-state index in [0.717, 1.165) is 26.1 Å². The number of hydrogen-bond acceptors (Lipinski definition) is 3. The molecule has 0 radical (unpaired) electrons. The average molecular weight is 247 g/mol. The summed E-state index contributed by atoms with van der Waals surface area (Å²) in [5.41, 5.74) is 0. The molecule has 0 saturated heterocycles. The molecule has 0 aromatic carbocycles. The van der Waals surface area contributed by atoms with Crippen LogP contribution in [0.3, 0.4) is 0 Å². The number of likely N-dealkylation sites (N-methyl/N-ethyl adjacent to an activating group) is 1. The number of nitrogens with one attached hydrogen (secondary N) is 2. The molecule has 1 amide bonds. The molecular formula is C13H33N3O. The highest BCUT2D eigenvalue weighted by Crippen LogP contribution is 1.93. The van der Waals surface area contributed by atoms with Gasteiger partial charge in [-0.05, 0) is 33.0 Å². The molecule has 0 bridgehead atoms. The van der Waals surface area contributed by atoms with Crippen molar-refractivity contribution in [2.75, 3.05) is 33.2 Å². The van der Waals surface area contributed by atoms with E-state index in [1.807, 2.05) is 11.9 Å². The largest absolute Gasteiger partial charge is 0.355 e. The lowest BCUT2D eigenvalue weighted by atomic mass is 10.2. The van der Waals surface area contributed by atoms with Gasteiger partial charge in [0.1, 0.15) is 0 Å². The second-order valence-corrected chi connectivity index (χ2v) is 4.85. The Morgan fingerprint density at radius 2 is 1.88 bits per heavy atom. The quantitative estimate of drug-likeness (QED) is 0.578. The third kappa shape index (κ3) is 11.6. The van der Waals surface area contributed by atoms with E-state index in [1.54, 1.807) is 0 Å². The van der Waals surface area contributed by atoms with E-state index in [2.05, 4.69) is 31.4 Å². The van der Waals surface area contributed by atoms with E-state index in [1.165, 1.54) is 12.8 Å². The number of hydrogen-bond donors (Lipinski definition) is 2. The van der Waals surface area contributed by atoms with Gasteiger partial charge < -0.3 is 10.6 Å². The van der Waals surface area contributed by atoms with Crippen molar-refractivity contribution in [2.24, 2.45) is 0 Å². The van der Waals surface area contributed by atoms with E-state index in [4.69, 9.17) is 0 Å². The average Bonchev–Trinajstić information content (AvgIpc) is 2.27. The van der Waals surface area contributed by atoms with Crippen molar-refractivity contribution in [2.45, 2.75) is 46.1 Å². The van der Waals surface area contributed by atoms with Crippen LogP contribution in [-0.4, -0.2) is 50.1 Å². The molecule has 0 aromatic heterocycles. The molecule has 4 heteroatoms. The fourth-order valence-electron chi connectivity index (χ4n) is 1.46. The molecule has 0 rings (SSSR count). The molecule has 0 aromatic rings. The number of amides is 1. The number of carbonyl (C=O) groups excluding carboxylic acids is 1. The van der Waals surface area contributed by atoms with Crippen LogP contribution in [0.1, 0.15) is 42.9 Å². The molecule has 17 heavy (non-hydrogen) atoms. The summed E-state index contributed by atoms with van der Waals surface area (Å²) in [6.45, 7) is 9.66. The summed E-state index contributed by atoms with van der Waals surface area (Å²) in [4.78, 5) is 13.4. The Morgan fingerprint density at radius 3 is 2.47 bits per heavy atom. The molecule has 2 N–H and O–H groups in total. The Balaban J connectivity index is -0.00000128. The monoisotopic (exact) mass is 247 g/mol. The Morgan fingerprint density at radius 1 is 1.24 bits per heavy atom. The van der Waals surface area contributed by atoms with Crippen LogP contribution < -0.4 is 10.6 Å².